The van der Waals surface area contributed by atoms with E-state index in [1.807, 2.05) is 60.7 Å². The number of methoxy groups -OCH3 is 1. The average molecular weight is 355 g/mol. The highest BCUT2D eigenvalue weighted by Crippen LogP contribution is 2.34. The van der Waals surface area contributed by atoms with Crippen molar-refractivity contribution in [3.05, 3.63) is 71.8 Å². The lowest BCUT2D eigenvalue weighted by Crippen LogP contribution is -2.42. The van der Waals surface area contributed by atoms with Crippen molar-refractivity contribution in [3.63, 3.8) is 0 Å². The number of rotatable bonds is 9. The second kappa shape index (κ2) is 9.51. The van der Waals surface area contributed by atoms with Crippen LogP contribution in [-0.4, -0.2) is 43.7 Å². The largest absolute Gasteiger partial charge is 0.462 e. The standard InChI is InChI=1S/C22H29NO3/c1-5-23(18(2)3)16-17-26-21(24)22(25-4,19-12-8-6-9-13-19)20-14-10-7-11-15-20/h6-15,18H,5,16-17H2,1-4H3. The van der Waals surface area contributed by atoms with Crippen LogP contribution in [0.1, 0.15) is 31.9 Å². The minimum absolute atomic E-state index is 0.329. The van der Waals surface area contributed by atoms with Crippen LogP contribution in [0.4, 0.5) is 0 Å². The zero-order valence-electron chi connectivity index (χ0n) is 16.1. The Kier molecular flexibility index (Phi) is 7.37. The molecule has 26 heavy (non-hydrogen) atoms. The monoisotopic (exact) mass is 355 g/mol. The first-order valence-electron chi connectivity index (χ1n) is 9.13. The van der Waals surface area contributed by atoms with Crippen molar-refractivity contribution in [1.82, 2.24) is 4.90 Å². The Morgan fingerprint density at radius 1 is 1.00 bits per heavy atom. The Morgan fingerprint density at radius 3 is 1.88 bits per heavy atom. The summed E-state index contributed by atoms with van der Waals surface area (Å²) < 4.78 is 11.5. The molecule has 0 aliphatic rings. The summed E-state index contributed by atoms with van der Waals surface area (Å²) in [4.78, 5) is 15.4. The van der Waals surface area contributed by atoms with Gasteiger partial charge in [-0.25, -0.2) is 4.79 Å². The van der Waals surface area contributed by atoms with Gasteiger partial charge < -0.3 is 9.47 Å². The van der Waals surface area contributed by atoms with Gasteiger partial charge in [-0.2, -0.15) is 0 Å². The third-order valence-corrected chi connectivity index (χ3v) is 4.70. The lowest BCUT2D eigenvalue weighted by atomic mass is 9.86. The maximum absolute atomic E-state index is 13.2. The predicted molar refractivity (Wildman–Crippen MR) is 104 cm³/mol. The summed E-state index contributed by atoms with van der Waals surface area (Å²) in [6.45, 7) is 8.33. The number of carbonyl (C=O) groups excluding carboxylic acids is 1. The maximum Gasteiger partial charge on any atom is 0.347 e. The molecule has 2 aromatic rings. The molecule has 140 valence electrons. The molecule has 0 saturated carbocycles. The second-order valence-electron chi connectivity index (χ2n) is 6.48. The lowest BCUT2D eigenvalue weighted by Gasteiger charge is -2.32. The molecule has 0 aliphatic heterocycles. The van der Waals surface area contributed by atoms with Gasteiger partial charge in [0.1, 0.15) is 6.61 Å². The molecular formula is C22H29NO3. The lowest BCUT2D eigenvalue weighted by molar-refractivity contribution is -0.166. The molecule has 0 amide bonds. The Labute approximate surface area is 156 Å². The third kappa shape index (κ3) is 4.32. The normalized spacial score (nSPS) is 11.8. The minimum Gasteiger partial charge on any atom is -0.462 e. The van der Waals surface area contributed by atoms with E-state index in [0.717, 1.165) is 17.7 Å². The van der Waals surface area contributed by atoms with Crippen LogP contribution < -0.4 is 0 Å². The summed E-state index contributed by atoms with van der Waals surface area (Å²) in [6.07, 6.45) is 0. The molecule has 2 rings (SSSR count). The molecule has 0 N–H and O–H groups in total. The van der Waals surface area contributed by atoms with Gasteiger partial charge in [-0.15, -0.1) is 0 Å². The number of hydrogen-bond donors (Lipinski definition) is 0. The van der Waals surface area contributed by atoms with Crippen molar-refractivity contribution in [3.8, 4) is 0 Å². The molecule has 4 nitrogen and oxygen atoms in total. The molecule has 0 spiro atoms. The van der Waals surface area contributed by atoms with Crippen LogP contribution in [-0.2, 0) is 19.9 Å². The molecule has 0 heterocycles. The molecule has 2 aromatic carbocycles. The van der Waals surface area contributed by atoms with Crippen LogP contribution >= 0.6 is 0 Å². The van der Waals surface area contributed by atoms with E-state index in [1.54, 1.807) is 7.11 Å². The zero-order chi connectivity index (χ0) is 19.0. The van der Waals surface area contributed by atoms with Gasteiger partial charge in [-0.1, -0.05) is 67.6 Å². The fraction of sp³-hybridized carbons (Fsp3) is 0.409. The van der Waals surface area contributed by atoms with Crippen molar-refractivity contribution in [2.75, 3.05) is 26.8 Å². The molecule has 0 unspecified atom stereocenters. The summed E-state index contributed by atoms with van der Waals surface area (Å²) in [5, 5.41) is 0. The van der Waals surface area contributed by atoms with Gasteiger partial charge in [-0.3, -0.25) is 4.90 Å². The number of carbonyl (C=O) groups is 1. The van der Waals surface area contributed by atoms with Crippen LogP contribution in [0.3, 0.4) is 0 Å². The van der Waals surface area contributed by atoms with Gasteiger partial charge >= 0.3 is 5.97 Å². The van der Waals surface area contributed by atoms with E-state index in [9.17, 15) is 4.79 Å². The molecule has 0 saturated heterocycles. The van der Waals surface area contributed by atoms with E-state index in [0.29, 0.717) is 19.2 Å². The van der Waals surface area contributed by atoms with Gasteiger partial charge in [0, 0.05) is 19.7 Å². The fourth-order valence-electron chi connectivity index (χ4n) is 3.21. The fourth-order valence-corrected chi connectivity index (χ4v) is 3.21. The molecular weight excluding hydrogens is 326 g/mol. The highest BCUT2D eigenvalue weighted by atomic mass is 16.6. The van der Waals surface area contributed by atoms with Crippen LogP contribution in [0.5, 0.6) is 0 Å². The van der Waals surface area contributed by atoms with Crippen LogP contribution in [0, 0.1) is 0 Å². The number of esters is 1. The van der Waals surface area contributed by atoms with Crippen LogP contribution in [0.15, 0.2) is 60.7 Å². The first-order valence-corrected chi connectivity index (χ1v) is 9.13. The minimum atomic E-state index is -1.27. The van der Waals surface area contributed by atoms with Gasteiger partial charge in [0.2, 0.25) is 5.60 Å². The second-order valence-corrected chi connectivity index (χ2v) is 6.48. The van der Waals surface area contributed by atoms with Crippen molar-refractivity contribution in [2.45, 2.75) is 32.4 Å². The first kappa shape index (κ1) is 20.1. The molecule has 0 bridgehead atoms. The van der Waals surface area contributed by atoms with Gasteiger partial charge in [0.25, 0.3) is 0 Å². The zero-order valence-corrected chi connectivity index (χ0v) is 16.1. The Hall–Kier alpha value is -2.17. The van der Waals surface area contributed by atoms with E-state index in [1.165, 1.54) is 0 Å². The Bertz CT molecular complexity index is 631. The quantitative estimate of drug-likeness (QED) is 0.641. The van der Waals surface area contributed by atoms with E-state index in [-0.39, 0.29) is 0 Å². The van der Waals surface area contributed by atoms with Gasteiger partial charge in [-0.05, 0) is 31.5 Å². The van der Waals surface area contributed by atoms with E-state index in [4.69, 9.17) is 9.47 Å². The topological polar surface area (TPSA) is 38.8 Å². The smallest absolute Gasteiger partial charge is 0.347 e. The highest BCUT2D eigenvalue weighted by molar-refractivity contribution is 5.85. The van der Waals surface area contributed by atoms with Crippen LogP contribution in [0.2, 0.25) is 0 Å². The maximum atomic E-state index is 13.2. The van der Waals surface area contributed by atoms with Gasteiger partial charge in [0.15, 0.2) is 0 Å². The van der Waals surface area contributed by atoms with Gasteiger partial charge in [0.05, 0.1) is 0 Å². The van der Waals surface area contributed by atoms with Crippen molar-refractivity contribution >= 4 is 5.97 Å². The number of likely N-dealkylation sites (N-methyl/N-ethyl adjacent to an activating group) is 1. The molecule has 4 heteroatoms. The molecule has 0 aromatic heterocycles. The summed E-state index contributed by atoms with van der Waals surface area (Å²) in [7, 11) is 1.55. The van der Waals surface area contributed by atoms with E-state index < -0.39 is 11.6 Å². The van der Waals surface area contributed by atoms with Crippen LogP contribution in [0.25, 0.3) is 0 Å². The van der Waals surface area contributed by atoms with E-state index >= 15 is 0 Å². The molecule has 0 atom stereocenters. The molecule has 0 aliphatic carbocycles. The predicted octanol–water partition coefficient (Wildman–Crippen LogP) is 3.85. The van der Waals surface area contributed by atoms with Crippen molar-refractivity contribution < 1.29 is 14.3 Å². The number of hydrogen-bond acceptors (Lipinski definition) is 4. The first-order chi connectivity index (χ1) is 12.6. The summed E-state index contributed by atoms with van der Waals surface area (Å²) in [5.74, 6) is -0.391. The third-order valence-electron chi connectivity index (χ3n) is 4.70. The molecule has 0 radical (unpaired) electrons. The average Bonchev–Trinajstić information content (AvgIpc) is 2.68. The molecule has 0 fully saturated rings. The van der Waals surface area contributed by atoms with Crippen molar-refractivity contribution in [2.24, 2.45) is 0 Å². The number of benzene rings is 2. The SMILES string of the molecule is CCN(CCOC(=O)C(OC)(c1ccccc1)c1ccccc1)C(C)C. The number of nitrogens with zero attached hydrogens (tertiary/aromatic N) is 1. The summed E-state index contributed by atoms with van der Waals surface area (Å²) in [6, 6.07) is 19.4. The Morgan fingerprint density at radius 2 is 1.50 bits per heavy atom. The summed E-state index contributed by atoms with van der Waals surface area (Å²) >= 11 is 0. The Balaban J connectivity index is 2.28. The van der Waals surface area contributed by atoms with E-state index in [2.05, 4.69) is 25.7 Å². The number of ether oxygens (including phenoxy) is 2. The van der Waals surface area contributed by atoms with Crippen molar-refractivity contribution in [1.29, 1.82) is 0 Å². The summed E-state index contributed by atoms with van der Waals surface area (Å²) in [5.41, 5.74) is 0.252. The highest BCUT2D eigenvalue weighted by Gasteiger charge is 2.44.